The summed E-state index contributed by atoms with van der Waals surface area (Å²) in [7, 11) is 1.57. The highest BCUT2D eigenvalue weighted by molar-refractivity contribution is 5.90. The van der Waals surface area contributed by atoms with E-state index < -0.39 is 5.92 Å². The fourth-order valence-electron chi connectivity index (χ4n) is 4.09. The Morgan fingerprint density at radius 1 is 1.23 bits per heavy atom. The lowest BCUT2D eigenvalue weighted by Gasteiger charge is -2.29. The van der Waals surface area contributed by atoms with E-state index in [1.165, 1.54) is 0 Å². The van der Waals surface area contributed by atoms with Crippen molar-refractivity contribution in [1.82, 2.24) is 19.6 Å². The molecule has 0 aromatic carbocycles. The Hall–Kier alpha value is -3.23. The van der Waals surface area contributed by atoms with Gasteiger partial charge >= 0.3 is 0 Å². The van der Waals surface area contributed by atoms with Gasteiger partial charge in [-0.2, -0.15) is 15.1 Å². The second-order valence-electron chi connectivity index (χ2n) is 7.67. The number of fused-ring (bicyclic) bond motifs is 2. The van der Waals surface area contributed by atoms with E-state index in [9.17, 15) is 8.78 Å². The van der Waals surface area contributed by atoms with E-state index in [1.54, 1.807) is 17.8 Å². The van der Waals surface area contributed by atoms with Crippen molar-refractivity contribution in [3.8, 4) is 5.88 Å². The fourth-order valence-corrected chi connectivity index (χ4v) is 4.09. The molecule has 7 nitrogen and oxygen atoms in total. The van der Waals surface area contributed by atoms with Gasteiger partial charge in [-0.3, -0.25) is 0 Å². The molecule has 2 N–H and O–H groups in total. The Balaban J connectivity index is 1.46. The predicted molar refractivity (Wildman–Crippen MR) is 110 cm³/mol. The Labute approximate surface area is 172 Å². The van der Waals surface area contributed by atoms with Crippen LogP contribution in [-0.4, -0.2) is 45.2 Å². The molecule has 4 heterocycles. The van der Waals surface area contributed by atoms with Crippen molar-refractivity contribution in [2.45, 2.75) is 37.6 Å². The smallest absolute Gasteiger partial charge is 0.248 e. The standard InChI is InChI=1S/C21H22F2N6O/c1-30-19-17-16(13-6-11-29-15(12-13)4-10-25-29)5-9-24-18(17)27-20(28-19)26-14-2-7-21(22,23)8-3-14/h4-6,10-12,14H,2-3,7-9H2,1H3,(H2,24,26,27,28). The first-order valence-corrected chi connectivity index (χ1v) is 10.0. The minimum atomic E-state index is -2.57. The maximum absolute atomic E-state index is 13.4. The molecule has 1 aliphatic carbocycles. The third kappa shape index (κ3) is 3.44. The van der Waals surface area contributed by atoms with Gasteiger partial charge in [0, 0.05) is 37.8 Å². The zero-order valence-electron chi connectivity index (χ0n) is 16.5. The summed E-state index contributed by atoms with van der Waals surface area (Å²) >= 11 is 0. The number of hydrogen-bond acceptors (Lipinski definition) is 6. The first-order chi connectivity index (χ1) is 14.5. The second kappa shape index (κ2) is 7.23. The lowest BCUT2D eigenvalue weighted by atomic mass is 9.92. The number of anilines is 2. The average molecular weight is 412 g/mol. The van der Waals surface area contributed by atoms with Crippen molar-refractivity contribution < 1.29 is 13.5 Å². The number of nitrogens with one attached hydrogen (secondary N) is 2. The Morgan fingerprint density at radius 2 is 2.07 bits per heavy atom. The van der Waals surface area contributed by atoms with Gasteiger partial charge in [-0.15, -0.1) is 0 Å². The van der Waals surface area contributed by atoms with E-state index in [1.807, 2.05) is 18.3 Å². The number of alkyl halides is 2. The number of ether oxygens (including phenoxy) is 1. The highest BCUT2D eigenvalue weighted by Crippen LogP contribution is 2.39. The Kier molecular flexibility index (Phi) is 4.52. The molecule has 5 rings (SSSR count). The monoisotopic (exact) mass is 412 g/mol. The predicted octanol–water partition coefficient (Wildman–Crippen LogP) is 3.98. The van der Waals surface area contributed by atoms with Crippen LogP contribution in [0.25, 0.3) is 11.1 Å². The fraction of sp³-hybridized carbons (Fsp3) is 0.381. The minimum absolute atomic E-state index is 0.0738. The van der Waals surface area contributed by atoms with Gasteiger partial charge in [0.15, 0.2) is 0 Å². The van der Waals surface area contributed by atoms with Gasteiger partial charge in [-0.1, -0.05) is 6.08 Å². The highest BCUT2D eigenvalue weighted by Gasteiger charge is 2.35. The van der Waals surface area contributed by atoms with Gasteiger partial charge in [-0.25, -0.2) is 13.3 Å². The summed E-state index contributed by atoms with van der Waals surface area (Å²) in [6, 6.07) is 5.92. The third-order valence-corrected chi connectivity index (χ3v) is 5.68. The van der Waals surface area contributed by atoms with Gasteiger partial charge in [0.2, 0.25) is 17.8 Å². The zero-order valence-corrected chi connectivity index (χ0v) is 16.5. The van der Waals surface area contributed by atoms with E-state index in [0.29, 0.717) is 37.0 Å². The third-order valence-electron chi connectivity index (χ3n) is 5.68. The molecule has 0 unspecified atom stereocenters. The number of hydrogen-bond donors (Lipinski definition) is 2. The van der Waals surface area contributed by atoms with Gasteiger partial charge in [-0.05, 0) is 42.2 Å². The van der Waals surface area contributed by atoms with Gasteiger partial charge in [0.1, 0.15) is 5.82 Å². The van der Waals surface area contributed by atoms with E-state index >= 15 is 0 Å². The lowest BCUT2D eigenvalue weighted by molar-refractivity contribution is -0.0361. The molecule has 156 valence electrons. The largest absolute Gasteiger partial charge is 0.480 e. The van der Waals surface area contributed by atoms with Gasteiger partial charge in [0.05, 0.1) is 18.2 Å². The molecule has 0 atom stereocenters. The summed E-state index contributed by atoms with van der Waals surface area (Å²) in [6.45, 7) is 0.613. The van der Waals surface area contributed by atoms with E-state index in [0.717, 1.165) is 22.2 Å². The number of rotatable bonds is 4. The van der Waals surface area contributed by atoms with Crippen molar-refractivity contribution in [1.29, 1.82) is 0 Å². The molecule has 2 aliphatic rings. The van der Waals surface area contributed by atoms with Crippen LogP contribution in [0.15, 0.2) is 36.7 Å². The summed E-state index contributed by atoms with van der Waals surface area (Å²) in [5.74, 6) is -1.07. The SMILES string of the molecule is COc1nc(NC2CCC(F)(F)CC2)nc2c1C(c1ccn3nccc3c1)=CCN2. The van der Waals surface area contributed by atoms with Crippen LogP contribution in [0.1, 0.15) is 36.8 Å². The average Bonchev–Trinajstić information content (AvgIpc) is 3.22. The summed E-state index contributed by atoms with van der Waals surface area (Å²) in [5.41, 5.74) is 3.77. The van der Waals surface area contributed by atoms with Crippen LogP contribution in [0.5, 0.6) is 5.88 Å². The van der Waals surface area contributed by atoms with Crippen molar-refractivity contribution in [2.75, 3.05) is 24.3 Å². The van der Waals surface area contributed by atoms with Gasteiger partial charge < -0.3 is 15.4 Å². The summed E-state index contributed by atoms with van der Waals surface area (Å²) in [5, 5.41) is 10.7. The summed E-state index contributed by atoms with van der Waals surface area (Å²) < 4.78 is 34.3. The molecule has 0 amide bonds. The Bertz CT molecular complexity index is 1120. The van der Waals surface area contributed by atoms with Crippen LogP contribution in [0.2, 0.25) is 0 Å². The number of nitrogens with zero attached hydrogens (tertiary/aromatic N) is 4. The summed E-state index contributed by atoms with van der Waals surface area (Å²) in [6.07, 6.45) is 6.29. The maximum Gasteiger partial charge on any atom is 0.248 e. The minimum Gasteiger partial charge on any atom is -0.480 e. The first kappa shape index (κ1) is 18.8. The van der Waals surface area contributed by atoms with Crippen LogP contribution in [0, 0.1) is 0 Å². The van der Waals surface area contributed by atoms with Gasteiger partial charge in [0.25, 0.3) is 0 Å². The molecular formula is C21H22F2N6O. The normalized spacial score (nSPS) is 18.4. The maximum atomic E-state index is 13.4. The van der Waals surface area contributed by atoms with Crippen LogP contribution < -0.4 is 15.4 Å². The molecule has 3 aromatic rings. The number of halogens is 2. The molecule has 1 aliphatic heterocycles. The highest BCUT2D eigenvalue weighted by atomic mass is 19.3. The van der Waals surface area contributed by atoms with Crippen LogP contribution in [0.3, 0.4) is 0 Å². The van der Waals surface area contributed by atoms with E-state index in [-0.39, 0.29) is 18.9 Å². The molecule has 3 aromatic heterocycles. The van der Waals surface area contributed by atoms with Crippen LogP contribution in [0.4, 0.5) is 20.5 Å². The molecule has 9 heteroatoms. The van der Waals surface area contributed by atoms with Crippen molar-refractivity contribution in [3.63, 3.8) is 0 Å². The lowest BCUT2D eigenvalue weighted by Crippen LogP contribution is -2.32. The number of pyridine rings is 1. The van der Waals surface area contributed by atoms with Crippen molar-refractivity contribution in [2.24, 2.45) is 0 Å². The first-order valence-electron chi connectivity index (χ1n) is 10.0. The number of aromatic nitrogens is 4. The molecule has 30 heavy (non-hydrogen) atoms. The summed E-state index contributed by atoms with van der Waals surface area (Å²) in [4.78, 5) is 9.15. The van der Waals surface area contributed by atoms with Crippen molar-refractivity contribution in [3.05, 3.63) is 47.8 Å². The van der Waals surface area contributed by atoms with Crippen LogP contribution >= 0.6 is 0 Å². The zero-order chi connectivity index (χ0) is 20.7. The molecule has 0 saturated heterocycles. The van der Waals surface area contributed by atoms with Crippen LogP contribution in [-0.2, 0) is 0 Å². The van der Waals surface area contributed by atoms with Crippen molar-refractivity contribution >= 4 is 22.9 Å². The molecular weight excluding hydrogens is 390 g/mol. The quantitative estimate of drug-likeness (QED) is 0.675. The molecule has 0 bridgehead atoms. The Morgan fingerprint density at radius 3 is 2.87 bits per heavy atom. The molecule has 0 radical (unpaired) electrons. The molecule has 0 spiro atoms. The molecule has 1 fully saturated rings. The topological polar surface area (TPSA) is 76.4 Å². The van der Waals surface area contributed by atoms with E-state index in [4.69, 9.17) is 4.74 Å². The second-order valence-corrected chi connectivity index (χ2v) is 7.67. The molecule has 1 saturated carbocycles. The number of methoxy groups -OCH3 is 1. The van der Waals surface area contributed by atoms with E-state index in [2.05, 4.69) is 37.8 Å².